The lowest BCUT2D eigenvalue weighted by Crippen LogP contribution is -2.20. The Labute approximate surface area is 89.1 Å². The summed E-state index contributed by atoms with van der Waals surface area (Å²) in [6.07, 6.45) is 1.07. The Bertz CT molecular complexity index is 316. The lowest BCUT2D eigenvalue weighted by molar-refractivity contribution is 0.238. The molecular formula is C11H14ClNO. The Morgan fingerprint density at radius 1 is 1.50 bits per heavy atom. The summed E-state index contributed by atoms with van der Waals surface area (Å²) in [5.41, 5.74) is 1.16. The van der Waals surface area contributed by atoms with Crippen LogP contribution in [0.3, 0.4) is 0 Å². The van der Waals surface area contributed by atoms with E-state index in [2.05, 4.69) is 11.0 Å². The van der Waals surface area contributed by atoms with E-state index < -0.39 is 0 Å². The van der Waals surface area contributed by atoms with Gasteiger partial charge in [0.05, 0.1) is 0 Å². The number of anilines is 1. The van der Waals surface area contributed by atoms with Crippen LogP contribution in [-0.4, -0.2) is 24.8 Å². The fourth-order valence-electron chi connectivity index (χ4n) is 1.89. The minimum atomic E-state index is 0.289. The fourth-order valence-corrected chi connectivity index (χ4v) is 2.07. The molecule has 1 fully saturated rings. The molecule has 1 aliphatic heterocycles. The Morgan fingerprint density at radius 2 is 2.36 bits per heavy atom. The summed E-state index contributed by atoms with van der Waals surface area (Å²) >= 11 is 5.92. The van der Waals surface area contributed by atoms with Crippen LogP contribution in [0.1, 0.15) is 6.42 Å². The third-order valence-corrected chi connectivity index (χ3v) is 2.95. The highest BCUT2D eigenvalue weighted by molar-refractivity contribution is 6.30. The molecule has 1 aliphatic rings. The number of aliphatic hydroxyl groups excluding tert-OH is 1. The molecule has 0 aliphatic carbocycles. The molecule has 76 valence electrons. The molecule has 1 aromatic carbocycles. The van der Waals surface area contributed by atoms with Crippen molar-refractivity contribution in [1.29, 1.82) is 0 Å². The van der Waals surface area contributed by atoms with Gasteiger partial charge in [-0.1, -0.05) is 17.7 Å². The molecule has 0 spiro atoms. The Hall–Kier alpha value is -0.730. The largest absolute Gasteiger partial charge is 0.396 e. The van der Waals surface area contributed by atoms with E-state index in [0.717, 1.165) is 30.2 Å². The maximum Gasteiger partial charge on any atom is 0.0476 e. The van der Waals surface area contributed by atoms with Crippen LogP contribution in [0.4, 0.5) is 5.69 Å². The zero-order chi connectivity index (χ0) is 9.97. The second-order valence-corrected chi connectivity index (χ2v) is 4.20. The molecule has 1 saturated heterocycles. The summed E-state index contributed by atoms with van der Waals surface area (Å²) in [7, 11) is 0. The minimum absolute atomic E-state index is 0.289. The van der Waals surface area contributed by atoms with Gasteiger partial charge in [-0.2, -0.15) is 0 Å². The number of nitrogens with zero attached hydrogens (tertiary/aromatic N) is 1. The van der Waals surface area contributed by atoms with E-state index in [0.29, 0.717) is 5.92 Å². The quantitative estimate of drug-likeness (QED) is 0.811. The van der Waals surface area contributed by atoms with E-state index in [1.54, 1.807) is 0 Å². The summed E-state index contributed by atoms with van der Waals surface area (Å²) in [6, 6.07) is 7.88. The monoisotopic (exact) mass is 211 g/mol. The molecule has 1 aromatic rings. The first-order valence-electron chi connectivity index (χ1n) is 4.91. The second kappa shape index (κ2) is 4.20. The number of rotatable bonds is 2. The van der Waals surface area contributed by atoms with Gasteiger partial charge in [-0.05, 0) is 24.6 Å². The van der Waals surface area contributed by atoms with Gasteiger partial charge in [0.25, 0.3) is 0 Å². The molecule has 0 radical (unpaired) electrons. The second-order valence-electron chi connectivity index (χ2n) is 3.76. The summed E-state index contributed by atoms with van der Waals surface area (Å²) in [6.45, 7) is 2.25. The van der Waals surface area contributed by atoms with Crippen LogP contribution < -0.4 is 4.90 Å². The van der Waals surface area contributed by atoms with E-state index in [1.165, 1.54) is 0 Å². The highest BCUT2D eigenvalue weighted by atomic mass is 35.5. The number of hydrogen-bond donors (Lipinski definition) is 1. The van der Waals surface area contributed by atoms with E-state index in [9.17, 15) is 0 Å². The highest BCUT2D eigenvalue weighted by Crippen LogP contribution is 2.25. The number of aliphatic hydroxyl groups is 1. The van der Waals surface area contributed by atoms with Gasteiger partial charge in [0, 0.05) is 36.3 Å². The van der Waals surface area contributed by atoms with E-state index in [1.807, 2.05) is 18.2 Å². The van der Waals surface area contributed by atoms with Gasteiger partial charge in [0.15, 0.2) is 0 Å². The van der Waals surface area contributed by atoms with Gasteiger partial charge in [-0.15, -0.1) is 0 Å². The molecule has 1 heterocycles. The van der Waals surface area contributed by atoms with E-state index in [4.69, 9.17) is 16.7 Å². The summed E-state index contributed by atoms with van der Waals surface area (Å²) < 4.78 is 0. The predicted octanol–water partition coefficient (Wildman–Crippen LogP) is 2.16. The van der Waals surface area contributed by atoms with Crippen LogP contribution in [0.25, 0.3) is 0 Å². The zero-order valence-corrected chi connectivity index (χ0v) is 8.74. The first kappa shape index (κ1) is 9.81. The van der Waals surface area contributed by atoms with Crippen LogP contribution in [0, 0.1) is 5.92 Å². The normalized spacial score (nSPS) is 21.6. The molecular weight excluding hydrogens is 198 g/mol. The van der Waals surface area contributed by atoms with Gasteiger partial charge in [-0.25, -0.2) is 0 Å². The maximum absolute atomic E-state index is 9.03. The van der Waals surface area contributed by atoms with Crippen LogP contribution in [-0.2, 0) is 0 Å². The van der Waals surface area contributed by atoms with Gasteiger partial charge in [-0.3, -0.25) is 0 Å². The third-order valence-electron chi connectivity index (χ3n) is 2.72. The standard InChI is InChI=1S/C11H14ClNO/c12-10-2-1-3-11(6-10)13-5-4-9(7-13)8-14/h1-3,6,9,14H,4-5,7-8H2/t9-/m1/s1. The van der Waals surface area contributed by atoms with Crippen molar-refractivity contribution in [2.45, 2.75) is 6.42 Å². The van der Waals surface area contributed by atoms with Gasteiger partial charge in [0.1, 0.15) is 0 Å². The Kier molecular flexibility index (Phi) is 2.94. The van der Waals surface area contributed by atoms with Gasteiger partial charge >= 0.3 is 0 Å². The third kappa shape index (κ3) is 2.02. The molecule has 0 aromatic heterocycles. The molecule has 0 saturated carbocycles. The lowest BCUT2D eigenvalue weighted by atomic mass is 10.1. The first-order chi connectivity index (χ1) is 6.79. The van der Waals surface area contributed by atoms with Crippen LogP contribution in [0.15, 0.2) is 24.3 Å². The van der Waals surface area contributed by atoms with Crippen molar-refractivity contribution in [2.24, 2.45) is 5.92 Å². The minimum Gasteiger partial charge on any atom is -0.396 e. The molecule has 14 heavy (non-hydrogen) atoms. The fraction of sp³-hybridized carbons (Fsp3) is 0.455. The molecule has 1 N–H and O–H groups in total. The van der Waals surface area contributed by atoms with Crippen LogP contribution in [0.5, 0.6) is 0 Å². The summed E-state index contributed by atoms with van der Waals surface area (Å²) in [4.78, 5) is 2.27. The van der Waals surface area contributed by atoms with Gasteiger partial charge in [0.2, 0.25) is 0 Å². The van der Waals surface area contributed by atoms with E-state index >= 15 is 0 Å². The molecule has 3 heteroatoms. The molecule has 2 nitrogen and oxygen atoms in total. The van der Waals surface area contributed by atoms with Crippen LogP contribution in [0.2, 0.25) is 5.02 Å². The average Bonchev–Trinajstić information content (AvgIpc) is 2.66. The smallest absolute Gasteiger partial charge is 0.0476 e. The molecule has 0 amide bonds. The Balaban J connectivity index is 2.09. The lowest BCUT2D eigenvalue weighted by Gasteiger charge is -2.18. The molecule has 2 rings (SSSR count). The summed E-state index contributed by atoms with van der Waals surface area (Å²) in [5, 5.41) is 9.81. The SMILES string of the molecule is OC[C@@H]1CCN(c2cccc(Cl)c2)C1. The van der Waals surface area contributed by atoms with Crippen molar-refractivity contribution < 1.29 is 5.11 Å². The van der Waals surface area contributed by atoms with Crippen molar-refractivity contribution in [2.75, 3.05) is 24.6 Å². The average molecular weight is 212 g/mol. The number of hydrogen-bond acceptors (Lipinski definition) is 2. The highest BCUT2D eigenvalue weighted by Gasteiger charge is 2.21. The van der Waals surface area contributed by atoms with Crippen molar-refractivity contribution >= 4 is 17.3 Å². The number of benzene rings is 1. The Morgan fingerprint density at radius 3 is 3.00 bits per heavy atom. The van der Waals surface area contributed by atoms with Crippen molar-refractivity contribution in [3.05, 3.63) is 29.3 Å². The van der Waals surface area contributed by atoms with Crippen LogP contribution >= 0.6 is 11.6 Å². The van der Waals surface area contributed by atoms with Crippen molar-refractivity contribution in [1.82, 2.24) is 0 Å². The van der Waals surface area contributed by atoms with Gasteiger partial charge < -0.3 is 10.0 Å². The van der Waals surface area contributed by atoms with Crippen molar-refractivity contribution in [3.63, 3.8) is 0 Å². The first-order valence-corrected chi connectivity index (χ1v) is 5.29. The van der Waals surface area contributed by atoms with Crippen molar-refractivity contribution in [3.8, 4) is 0 Å². The predicted molar refractivity (Wildman–Crippen MR) is 58.9 cm³/mol. The topological polar surface area (TPSA) is 23.5 Å². The maximum atomic E-state index is 9.03. The summed E-state index contributed by atoms with van der Waals surface area (Å²) in [5.74, 6) is 0.425. The zero-order valence-electron chi connectivity index (χ0n) is 7.99. The molecule has 0 unspecified atom stereocenters. The number of halogens is 1. The molecule has 0 bridgehead atoms. The molecule has 1 atom stereocenters. The van der Waals surface area contributed by atoms with E-state index in [-0.39, 0.29) is 6.61 Å².